The number of anilines is 3. The fraction of sp³-hybridized carbons (Fsp3) is 0.0588. The van der Waals surface area contributed by atoms with Crippen LogP contribution in [0.4, 0.5) is 17.1 Å². The number of aryl methyl sites for hydroxylation is 2. The predicted molar refractivity (Wildman–Crippen MR) is 168 cm³/mol. The molecule has 3 heterocycles. The highest BCUT2D eigenvalue weighted by molar-refractivity contribution is 7.34. The van der Waals surface area contributed by atoms with Crippen molar-refractivity contribution in [3.8, 4) is 22.3 Å². The Labute approximate surface area is 232 Å². The van der Waals surface area contributed by atoms with Crippen LogP contribution in [-0.2, 0) is 0 Å². The molecule has 1 aliphatic heterocycles. The molecule has 0 amide bonds. The van der Waals surface area contributed by atoms with Gasteiger partial charge in [-0.25, -0.2) is 0 Å². The van der Waals surface area contributed by atoms with E-state index in [2.05, 4.69) is 139 Å². The second kappa shape index (κ2) is 9.47. The molecule has 2 aromatic heterocycles. The zero-order chi connectivity index (χ0) is 25.6. The largest absolute Gasteiger partial charge is 0.310 e. The van der Waals surface area contributed by atoms with E-state index >= 15 is 0 Å². The Morgan fingerprint density at radius 2 is 0.947 bits per heavy atom. The van der Waals surface area contributed by atoms with Gasteiger partial charge in [-0.15, -0.1) is 0 Å². The molecule has 0 unspecified atom stereocenters. The minimum Gasteiger partial charge on any atom is -0.310 e. The Balaban J connectivity index is 1.43. The average Bonchev–Trinajstić information content (AvgIpc) is 3.61. The van der Waals surface area contributed by atoms with Crippen molar-refractivity contribution in [3.63, 3.8) is 0 Å². The fourth-order valence-electron chi connectivity index (χ4n) is 6.01. The van der Waals surface area contributed by atoms with E-state index in [0.717, 1.165) is 11.4 Å². The molecule has 7 rings (SSSR count). The molecule has 0 spiro atoms. The number of benzene rings is 4. The summed E-state index contributed by atoms with van der Waals surface area (Å²) in [6.45, 7) is 4.81. The number of nitrogens with zero attached hydrogens (tertiary/aromatic N) is 1. The second-order valence-corrected chi connectivity index (χ2v) is 11.8. The molecule has 38 heavy (non-hydrogen) atoms. The van der Waals surface area contributed by atoms with Crippen LogP contribution in [0.2, 0.25) is 0 Å². The van der Waals surface area contributed by atoms with Gasteiger partial charge in [0.25, 0.3) is 6.71 Å². The van der Waals surface area contributed by atoms with E-state index < -0.39 is 0 Å². The lowest BCUT2D eigenvalue weighted by Crippen LogP contribution is -2.52. The van der Waals surface area contributed by atoms with Gasteiger partial charge in [-0.05, 0) is 105 Å². The maximum atomic E-state index is 2.38. The van der Waals surface area contributed by atoms with Gasteiger partial charge in [0.05, 0.1) is 0 Å². The lowest BCUT2D eigenvalue weighted by atomic mass is 9.40. The summed E-state index contributed by atoms with van der Waals surface area (Å²) in [6.07, 6.45) is 0. The third-order valence-corrected chi connectivity index (χ3v) is 9.54. The first-order chi connectivity index (χ1) is 18.7. The van der Waals surface area contributed by atoms with Crippen LogP contribution in [0.3, 0.4) is 0 Å². The first-order valence-corrected chi connectivity index (χ1v) is 14.7. The summed E-state index contributed by atoms with van der Waals surface area (Å²) in [5.41, 5.74) is 13.0. The third-order valence-electron chi connectivity index (χ3n) is 7.58. The molecule has 0 saturated heterocycles. The molecule has 0 N–H and O–H groups in total. The molecule has 0 fully saturated rings. The summed E-state index contributed by atoms with van der Waals surface area (Å²) >= 11 is 3.78. The first kappa shape index (κ1) is 23.3. The summed E-state index contributed by atoms with van der Waals surface area (Å²) in [5, 5.41) is 4.53. The first-order valence-electron chi connectivity index (χ1n) is 13.0. The maximum Gasteiger partial charge on any atom is 0.268 e. The van der Waals surface area contributed by atoms with Crippen LogP contribution in [0.15, 0.2) is 120 Å². The molecular weight excluding hydrogens is 497 g/mol. The van der Waals surface area contributed by atoms with Crippen molar-refractivity contribution < 1.29 is 0 Å². The summed E-state index contributed by atoms with van der Waals surface area (Å²) in [6, 6.07) is 39.6. The molecule has 1 nitrogen and oxygen atoms in total. The lowest BCUT2D eigenvalue weighted by Gasteiger charge is -2.28. The highest BCUT2D eigenvalue weighted by atomic mass is 32.1. The number of rotatable bonds is 4. The molecule has 0 bridgehead atoms. The van der Waals surface area contributed by atoms with Gasteiger partial charge in [0.1, 0.15) is 0 Å². The van der Waals surface area contributed by atoms with E-state index in [1.165, 1.54) is 54.1 Å². The van der Waals surface area contributed by atoms with E-state index in [1.807, 2.05) is 22.7 Å². The van der Waals surface area contributed by atoms with Gasteiger partial charge in [-0.1, -0.05) is 77.3 Å². The van der Waals surface area contributed by atoms with Gasteiger partial charge >= 0.3 is 0 Å². The predicted octanol–water partition coefficient (Wildman–Crippen LogP) is 8.06. The summed E-state index contributed by atoms with van der Waals surface area (Å²) in [4.78, 5) is 2.36. The molecular formula is C34H26BNS2. The van der Waals surface area contributed by atoms with E-state index in [4.69, 9.17) is 0 Å². The average molecular weight is 524 g/mol. The van der Waals surface area contributed by atoms with Crippen LogP contribution in [-0.4, -0.2) is 6.71 Å². The zero-order valence-corrected chi connectivity index (χ0v) is 23.0. The summed E-state index contributed by atoms with van der Waals surface area (Å²) in [5.74, 6) is 0. The molecule has 182 valence electrons. The van der Waals surface area contributed by atoms with E-state index in [0.29, 0.717) is 0 Å². The Morgan fingerprint density at radius 3 is 1.42 bits per heavy atom. The molecule has 1 aliphatic rings. The second-order valence-electron chi connectivity index (χ2n) is 9.88. The molecule has 0 atom stereocenters. The molecule has 4 heteroatoms. The fourth-order valence-corrected chi connectivity index (χ4v) is 8.14. The molecule has 0 radical (unpaired) electrons. The topological polar surface area (TPSA) is 3.24 Å². The van der Waals surface area contributed by atoms with Crippen molar-refractivity contribution in [2.24, 2.45) is 0 Å². The van der Waals surface area contributed by atoms with Gasteiger partial charge in [-0.3, -0.25) is 0 Å². The molecule has 6 aromatic rings. The van der Waals surface area contributed by atoms with Gasteiger partial charge in [0.2, 0.25) is 0 Å². The number of thiophene rings is 2. The van der Waals surface area contributed by atoms with Crippen molar-refractivity contribution in [1.82, 2.24) is 0 Å². The normalized spacial score (nSPS) is 11.9. The van der Waals surface area contributed by atoms with Gasteiger partial charge < -0.3 is 4.90 Å². The van der Waals surface area contributed by atoms with Crippen molar-refractivity contribution >= 4 is 61.5 Å². The van der Waals surface area contributed by atoms with Crippen LogP contribution in [0.25, 0.3) is 22.3 Å². The van der Waals surface area contributed by atoms with Gasteiger partial charge in [0, 0.05) is 17.1 Å². The highest BCUT2D eigenvalue weighted by Gasteiger charge is 2.35. The maximum absolute atomic E-state index is 2.38. The van der Waals surface area contributed by atoms with Crippen molar-refractivity contribution in [2.75, 3.05) is 4.90 Å². The van der Waals surface area contributed by atoms with E-state index in [1.54, 1.807) is 0 Å². The molecule has 4 aromatic carbocycles. The monoisotopic (exact) mass is 523 g/mol. The standard InChI is InChI=1S/C34H26BNS2/c1-23-21-27(36(25-11-5-3-6-12-25)26-13-7-4-8-14-26)22-24(2)32(23)35-33-30(17-19-37-33)28-15-9-10-16-29(28)31-18-20-38-34(31)35/h3-22H,1-2H3. The van der Waals surface area contributed by atoms with Crippen LogP contribution in [0, 0.1) is 13.8 Å². The number of hydrogen-bond acceptors (Lipinski definition) is 3. The van der Waals surface area contributed by atoms with Crippen molar-refractivity contribution in [1.29, 1.82) is 0 Å². The SMILES string of the molecule is Cc1cc(N(c2ccccc2)c2ccccc2)cc(C)c1B1c2sccc2-c2ccccc2-c2ccsc21. The number of fused-ring (bicyclic) bond motifs is 5. The van der Waals surface area contributed by atoms with Crippen LogP contribution >= 0.6 is 22.7 Å². The third kappa shape index (κ3) is 3.75. The lowest BCUT2D eigenvalue weighted by molar-refractivity contribution is 1.26. The summed E-state index contributed by atoms with van der Waals surface area (Å²) < 4.78 is 2.89. The minimum atomic E-state index is 0.225. The quantitative estimate of drug-likeness (QED) is 0.211. The van der Waals surface area contributed by atoms with Crippen LogP contribution in [0.5, 0.6) is 0 Å². The zero-order valence-electron chi connectivity index (χ0n) is 21.4. The number of para-hydroxylation sites is 2. The Morgan fingerprint density at radius 1 is 0.500 bits per heavy atom. The molecule has 0 aliphatic carbocycles. The Kier molecular flexibility index (Phi) is 5.80. The Hall–Kier alpha value is -3.86. The van der Waals surface area contributed by atoms with Crippen LogP contribution < -0.4 is 19.9 Å². The van der Waals surface area contributed by atoms with Crippen molar-refractivity contribution in [2.45, 2.75) is 13.8 Å². The van der Waals surface area contributed by atoms with Crippen LogP contribution in [0.1, 0.15) is 11.1 Å². The minimum absolute atomic E-state index is 0.225. The Bertz CT molecular complexity index is 1630. The van der Waals surface area contributed by atoms with Crippen molar-refractivity contribution in [3.05, 3.63) is 131 Å². The van der Waals surface area contributed by atoms with Gasteiger partial charge in [0.15, 0.2) is 0 Å². The highest BCUT2D eigenvalue weighted by Crippen LogP contribution is 2.38. The van der Waals surface area contributed by atoms with E-state index in [-0.39, 0.29) is 6.71 Å². The van der Waals surface area contributed by atoms with Gasteiger partial charge in [-0.2, -0.15) is 22.7 Å². The molecule has 0 saturated carbocycles. The smallest absolute Gasteiger partial charge is 0.268 e. The number of hydrogen-bond donors (Lipinski definition) is 0. The summed E-state index contributed by atoms with van der Waals surface area (Å²) in [7, 11) is 0. The van der Waals surface area contributed by atoms with E-state index in [9.17, 15) is 0 Å².